The highest BCUT2D eigenvalue weighted by molar-refractivity contribution is 7.16. The van der Waals surface area contributed by atoms with Gasteiger partial charge < -0.3 is 19.5 Å². The molecule has 1 amide bonds. The molecule has 0 saturated carbocycles. The Hall–Kier alpha value is -3.42. The number of aryl methyl sites for hydroxylation is 1. The number of hydrogen-bond donors (Lipinski definition) is 1. The fourth-order valence-electron chi connectivity index (χ4n) is 4.12. The predicted octanol–water partition coefficient (Wildman–Crippen LogP) is 5.50. The Morgan fingerprint density at radius 1 is 1.28 bits per heavy atom. The van der Waals surface area contributed by atoms with Crippen LogP contribution in [0.15, 0.2) is 36.0 Å². The number of para-hydroxylation sites is 1. The zero-order chi connectivity index (χ0) is 25.3. The van der Waals surface area contributed by atoms with Crippen molar-refractivity contribution in [2.24, 2.45) is 5.92 Å². The lowest BCUT2D eigenvalue weighted by molar-refractivity contribution is -0.116. The molecule has 8 nitrogen and oxygen atoms in total. The second-order valence-corrected chi connectivity index (χ2v) is 10.4. The molecule has 2 aromatic heterocycles. The minimum Gasteiger partial charge on any atom is -0.494 e. The Morgan fingerprint density at radius 3 is 2.92 bits per heavy atom. The van der Waals surface area contributed by atoms with E-state index in [9.17, 15) is 14.9 Å². The van der Waals surface area contributed by atoms with E-state index < -0.39 is 6.16 Å². The topological polar surface area (TPSA) is 111 Å². The first-order chi connectivity index (χ1) is 17.6. The molecule has 10 heteroatoms. The van der Waals surface area contributed by atoms with E-state index in [0.29, 0.717) is 36.4 Å². The molecule has 36 heavy (non-hydrogen) atoms. The smallest absolute Gasteiger partial charge is 0.494 e. The van der Waals surface area contributed by atoms with Gasteiger partial charge in [0, 0.05) is 17.5 Å². The summed E-state index contributed by atoms with van der Waals surface area (Å²) in [6, 6.07) is 9.97. The maximum atomic E-state index is 12.7. The van der Waals surface area contributed by atoms with Crippen molar-refractivity contribution in [3.8, 4) is 11.8 Å². The second kappa shape index (κ2) is 12.5. The summed E-state index contributed by atoms with van der Waals surface area (Å²) < 4.78 is 16.1. The van der Waals surface area contributed by atoms with E-state index in [-0.39, 0.29) is 31.5 Å². The number of hydrogen-bond acceptors (Lipinski definition) is 9. The molecule has 3 aromatic rings. The molecular weight excluding hydrogens is 498 g/mol. The molecule has 1 aliphatic rings. The first-order valence-electron chi connectivity index (χ1n) is 11.8. The lowest BCUT2D eigenvalue weighted by Crippen LogP contribution is -2.20. The standard InChI is InChI=1S/C26H27N3O5S2/c1-2-32-22-6-4-3-5-18(22)8-10-24(30)29-25-21(12-27)20-9-7-17(11-23(20)36-25)14-33-26(31)34-15-19-13-28-16-35-19/h3-6,13,16-17H,2,7-11,14-15H2,1H3,(H,29,30). The fraction of sp³-hybridized carbons (Fsp3) is 0.385. The number of thiophene rings is 1. The van der Waals surface area contributed by atoms with Crippen LogP contribution in [0, 0.1) is 17.2 Å². The number of ether oxygens (including phenoxy) is 3. The van der Waals surface area contributed by atoms with Gasteiger partial charge in [0.1, 0.15) is 23.4 Å². The maximum Gasteiger partial charge on any atom is 0.508 e. The molecule has 1 N–H and O–H groups in total. The van der Waals surface area contributed by atoms with Crippen LogP contribution < -0.4 is 10.1 Å². The van der Waals surface area contributed by atoms with Crippen molar-refractivity contribution < 1.29 is 23.8 Å². The number of benzene rings is 1. The largest absolute Gasteiger partial charge is 0.508 e. The lowest BCUT2D eigenvalue weighted by Gasteiger charge is -2.21. The number of rotatable bonds is 10. The van der Waals surface area contributed by atoms with Crippen molar-refractivity contribution in [3.63, 3.8) is 0 Å². The van der Waals surface area contributed by atoms with Crippen LogP contribution in [0.4, 0.5) is 9.80 Å². The van der Waals surface area contributed by atoms with Crippen molar-refractivity contribution in [3.05, 3.63) is 62.4 Å². The molecule has 0 aliphatic heterocycles. The molecule has 1 atom stereocenters. The molecular formula is C26H27N3O5S2. The summed E-state index contributed by atoms with van der Waals surface area (Å²) in [5.41, 5.74) is 4.19. The molecule has 4 rings (SSSR count). The van der Waals surface area contributed by atoms with E-state index in [1.165, 1.54) is 22.7 Å². The van der Waals surface area contributed by atoms with Crippen LogP contribution in [0.1, 0.15) is 46.2 Å². The normalized spacial score (nSPS) is 14.4. The first-order valence-corrected chi connectivity index (χ1v) is 13.5. The molecule has 1 aliphatic carbocycles. The molecule has 0 radical (unpaired) electrons. The number of thiazole rings is 1. The molecule has 2 heterocycles. The summed E-state index contributed by atoms with van der Waals surface area (Å²) in [7, 11) is 0. The van der Waals surface area contributed by atoms with Gasteiger partial charge in [0.05, 0.1) is 29.2 Å². The summed E-state index contributed by atoms with van der Waals surface area (Å²) in [5, 5.41) is 13.3. The average molecular weight is 526 g/mol. The number of nitrogens with one attached hydrogen (secondary N) is 1. The minimum atomic E-state index is -0.697. The Labute approximate surface area is 217 Å². The maximum absolute atomic E-state index is 12.7. The number of nitrogens with zero attached hydrogens (tertiary/aromatic N) is 2. The van der Waals surface area contributed by atoms with Gasteiger partial charge in [-0.1, -0.05) is 18.2 Å². The van der Waals surface area contributed by atoms with Crippen LogP contribution >= 0.6 is 22.7 Å². The van der Waals surface area contributed by atoms with Crippen molar-refractivity contribution in [1.82, 2.24) is 4.98 Å². The van der Waals surface area contributed by atoms with Crippen molar-refractivity contribution in [1.29, 1.82) is 5.26 Å². The number of carbonyl (C=O) groups excluding carboxylic acids is 2. The molecule has 0 saturated heterocycles. The van der Waals surface area contributed by atoms with Crippen LogP contribution in [0.3, 0.4) is 0 Å². The van der Waals surface area contributed by atoms with E-state index in [1.54, 1.807) is 11.7 Å². The van der Waals surface area contributed by atoms with E-state index in [0.717, 1.165) is 33.1 Å². The van der Waals surface area contributed by atoms with Crippen LogP contribution in [0.25, 0.3) is 0 Å². The lowest BCUT2D eigenvalue weighted by atomic mass is 9.88. The van der Waals surface area contributed by atoms with Gasteiger partial charge >= 0.3 is 6.16 Å². The highest BCUT2D eigenvalue weighted by Crippen LogP contribution is 2.39. The Balaban J connectivity index is 1.30. The summed E-state index contributed by atoms with van der Waals surface area (Å²) in [6.45, 7) is 2.89. The first kappa shape index (κ1) is 25.7. The van der Waals surface area contributed by atoms with E-state index in [1.807, 2.05) is 31.2 Å². The predicted molar refractivity (Wildman–Crippen MR) is 137 cm³/mol. The van der Waals surface area contributed by atoms with Crippen LogP contribution in [0.2, 0.25) is 0 Å². The Bertz CT molecular complexity index is 1230. The SMILES string of the molecule is CCOc1ccccc1CCC(=O)Nc1sc2c(c1C#N)CCC(COC(=O)OCc1cncs1)C2. The number of fused-ring (bicyclic) bond motifs is 1. The van der Waals surface area contributed by atoms with Crippen LogP contribution in [-0.4, -0.2) is 30.3 Å². The third-order valence-corrected chi connectivity index (χ3v) is 7.80. The summed E-state index contributed by atoms with van der Waals surface area (Å²) in [5.74, 6) is 0.787. The van der Waals surface area contributed by atoms with E-state index in [4.69, 9.17) is 14.2 Å². The number of anilines is 1. The molecule has 0 fully saturated rings. The summed E-state index contributed by atoms with van der Waals surface area (Å²) >= 11 is 2.85. The van der Waals surface area contributed by atoms with Gasteiger partial charge in [-0.2, -0.15) is 5.26 Å². The van der Waals surface area contributed by atoms with E-state index >= 15 is 0 Å². The zero-order valence-electron chi connectivity index (χ0n) is 20.0. The van der Waals surface area contributed by atoms with Gasteiger partial charge in [0.25, 0.3) is 0 Å². The quantitative estimate of drug-likeness (QED) is 0.348. The van der Waals surface area contributed by atoms with Crippen LogP contribution in [0.5, 0.6) is 5.75 Å². The van der Waals surface area contributed by atoms with Crippen molar-refractivity contribution in [2.75, 3.05) is 18.5 Å². The van der Waals surface area contributed by atoms with Gasteiger partial charge in [-0.05, 0) is 55.7 Å². The monoisotopic (exact) mass is 525 g/mol. The van der Waals surface area contributed by atoms with Gasteiger partial charge in [-0.15, -0.1) is 22.7 Å². The highest BCUT2D eigenvalue weighted by atomic mass is 32.1. The number of amides is 1. The summed E-state index contributed by atoms with van der Waals surface area (Å²) in [4.78, 5) is 30.5. The van der Waals surface area contributed by atoms with Gasteiger partial charge in [0.2, 0.25) is 5.91 Å². The fourth-order valence-corrected chi connectivity index (χ4v) is 5.95. The van der Waals surface area contributed by atoms with Crippen molar-refractivity contribution >= 4 is 39.7 Å². The number of aromatic nitrogens is 1. The molecule has 1 aromatic carbocycles. The Morgan fingerprint density at radius 2 is 2.14 bits per heavy atom. The third kappa shape index (κ3) is 6.62. The van der Waals surface area contributed by atoms with Gasteiger partial charge in [-0.25, -0.2) is 4.79 Å². The molecule has 1 unspecified atom stereocenters. The van der Waals surface area contributed by atoms with Gasteiger partial charge in [0.15, 0.2) is 0 Å². The highest BCUT2D eigenvalue weighted by Gasteiger charge is 2.27. The van der Waals surface area contributed by atoms with Crippen molar-refractivity contribution in [2.45, 2.75) is 45.6 Å². The van der Waals surface area contributed by atoms with E-state index in [2.05, 4.69) is 16.4 Å². The molecule has 0 spiro atoms. The number of carbonyl (C=O) groups is 2. The average Bonchev–Trinajstić information content (AvgIpc) is 3.53. The second-order valence-electron chi connectivity index (χ2n) is 8.33. The molecule has 0 bridgehead atoms. The van der Waals surface area contributed by atoms with Crippen LogP contribution in [-0.2, 0) is 40.1 Å². The minimum absolute atomic E-state index is 0.136. The van der Waals surface area contributed by atoms with Gasteiger partial charge in [-0.3, -0.25) is 9.78 Å². The summed E-state index contributed by atoms with van der Waals surface area (Å²) in [6.07, 6.45) is 3.98. The molecule has 188 valence electrons. The zero-order valence-corrected chi connectivity index (χ0v) is 21.6. The Kier molecular flexibility index (Phi) is 8.92. The third-order valence-electron chi connectivity index (χ3n) is 5.88. The number of nitriles is 1.